The van der Waals surface area contributed by atoms with E-state index in [1.165, 1.54) is 23.5 Å². The monoisotopic (exact) mass is 256 g/mol. The van der Waals surface area contributed by atoms with Crippen molar-refractivity contribution >= 4 is 11.8 Å². The van der Waals surface area contributed by atoms with E-state index in [0.29, 0.717) is 5.37 Å². The van der Waals surface area contributed by atoms with E-state index >= 15 is 0 Å². The van der Waals surface area contributed by atoms with E-state index in [4.69, 9.17) is 0 Å². The van der Waals surface area contributed by atoms with Crippen molar-refractivity contribution in [3.63, 3.8) is 0 Å². The Morgan fingerprint density at radius 3 is 3.00 bits per heavy atom. The van der Waals surface area contributed by atoms with Gasteiger partial charge in [0.2, 0.25) is 0 Å². The Hall–Kier alpha value is -1.19. The van der Waals surface area contributed by atoms with Crippen LogP contribution in [-0.2, 0) is 6.54 Å². The zero-order valence-corrected chi connectivity index (χ0v) is 11.2. The molecule has 0 amide bonds. The Morgan fingerprint density at radius 2 is 2.06 bits per heavy atom. The van der Waals surface area contributed by atoms with Crippen LogP contribution in [0.2, 0.25) is 0 Å². The van der Waals surface area contributed by atoms with Crippen molar-refractivity contribution in [1.82, 2.24) is 9.47 Å². The van der Waals surface area contributed by atoms with Crippen LogP contribution in [0.3, 0.4) is 0 Å². The van der Waals surface area contributed by atoms with Gasteiger partial charge >= 0.3 is 0 Å². The van der Waals surface area contributed by atoms with Crippen LogP contribution in [-0.4, -0.2) is 21.3 Å². The van der Waals surface area contributed by atoms with Crippen LogP contribution in [0.4, 0.5) is 0 Å². The van der Waals surface area contributed by atoms with Gasteiger partial charge in [0.25, 0.3) is 0 Å². The Kier molecular flexibility index (Phi) is 2.32. The number of thioether (sulfide) groups is 1. The lowest BCUT2D eigenvalue weighted by molar-refractivity contribution is 0.273. The highest BCUT2D eigenvalue weighted by atomic mass is 32.2. The molecule has 0 spiro atoms. The predicted octanol–water partition coefficient (Wildman–Crippen LogP) is 3.43. The average molecular weight is 256 g/mol. The second-order valence-electron chi connectivity index (χ2n) is 5.16. The first-order valence-electron chi connectivity index (χ1n) is 6.48. The van der Waals surface area contributed by atoms with Crippen molar-refractivity contribution in [2.24, 2.45) is 0 Å². The van der Waals surface area contributed by atoms with E-state index in [9.17, 15) is 0 Å². The van der Waals surface area contributed by atoms with Crippen LogP contribution in [0.15, 0.2) is 42.6 Å². The third kappa shape index (κ3) is 1.47. The van der Waals surface area contributed by atoms with Gasteiger partial charge in [-0.15, -0.1) is 11.8 Å². The highest BCUT2D eigenvalue weighted by Crippen LogP contribution is 2.45. The van der Waals surface area contributed by atoms with Gasteiger partial charge < -0.3 is 4.57 Å². The molecular formula is C15H16N2S. The summed E-state index contributed by atoms with van der Waals surface area (Å²) in [5, 5.41) is 1.24. The second-order valence-corrected chi connectivity index (χ2v) is 6.68. The van der Waals surface area contributed by atoms with Gasteiger partial charge in [-0.1, -0.05) is 25.1 Å². The minimum absolute atomic E-state index is 0.516. The smallest absolute Gasteiger partial charge is 0.0976 e. The van der Waals surface area contributed by atoms with E-state index in [2.05, 4.69) is 70.7 Å². The molecule has 2 aliphatic rings. The lowest BCUT2D eigenvalue weighted by atomic mass is 10.1. The van der Waals surface area contributed by atoms with Crippen LogP contribution in [0, 0.1) is 0 Å². The molecule has 2 atom stereocenters. The molecule has 3 heterocycles. The fraction of sp³-hybridized carbons (Fsp3) is 0.333. The SMILES string of the molecule is C[C@H]1CN2Cc3ccccc3-n3cccc3[C@@H]2S1. The molecule has 0 unspecified atom stereocenters. The van der Waals surface area contributed by atoms with E-state index in [1.54, 1.807) is 0 Å². The number of hydrogen-bond donors (Lipinski definition) is 0. The lowest BCUT2D eigenvalue weighted by Crippen LogP contribution is -2.22. The van der Waals surface area contributed by atoms with Crippen LogP contribution < -0.4 is 0 Å². The van der Waals surface area contributed by atoms with Crippen LogP contribution >= 0.6 is 11.8 Å². The van der Waals surface area contributed by atoms with Crippen LogP contribution in [0.25, 0.3) is 5.69 Å². The average Bonchev–Trinajstić information content (AvgIpc) is 2.94. The molecule has 2 nitrogen and oxygen atoms in total. The van der Waals surface area contributed by atoms with Crippen molar-refractivity contribution in [1.29, 1.82) is 0 Å². The van der Waals surface area contributed by atoms with Crippen molar-refractivity contribution in [2.75, 3.05) is 6.54 Å². The topological polar surface area (TPSA) is 8.17 Å². The Labute approximate surface area is 112 Å². The number of rotatable bonds is 0. The quantitative estimate of drug-likeness (QED) is 0.713. The molecule has 2 aromatic rings. The minimum atomic E-state index is 0.516. The maximum atomic E-state index is 2.60. The first kappa shape index (κ1) is 10.7. The fourth-order valence-electron chi connectivity index (χ4n) is 3.09. The molecule has 1 aromatic heterocycles. The van der Waals surface area contributed by atoms with Crippen molar-refractivity contribution < 1.29 is 0 Å². The van der Waals surface area contributed by atoms with Gasteiger partial charge in [0, 0.05) is 30.2 Å². The summed E-state index contributed by atoms with van der Waals surface area (Å²) in [5.74, 6) is 0. The first-order chi connectivity index (χ1) is 8.83. The first-order valence-corrected chi connectivity index (χ1v) is 7.42. The summed E-state index contributed by atoms with van der Waals surface area (Å²) in [7, 11) is 0. The van der Waals surface area contributed by atoms with E-state index in [-0.39, 0.29) is 0 Å². The number of benzene rings is 1. The van der Waals surface area contributed by atoms with Gasteiger partial charge in [0.05, 0.1) is 11.1 Å². The van der Waals surface area contributed by atoms with Gasteiger partial charge in [-0.25, -0.2) is 0 Å². The Morgan fingerprint density at radius 1 is 1.17 bits per heavy atom. The molecule has 3 heteroatoms. The van der Waals surface area contributed by atoms with Gasteiger partial charge in [-0.3, -0.25) is 4.90 Å². The van der Waals surface area contributed by atoms with Crippen LogP contribution in [0.5, 0.6) is 0 Å². The lowest BCUT2D eigenvalue weighted by Gasteiger charge is -2.20. The molecule has 0 saturated carbocycles. The molecule has 1 fully saturated rings. The van der Waals surface area contributed by atoms with Gasteiger partial charge in [0.1, 0.15) is 0 Å². The normalized spacial score (nSPS) is 26.3. The molecule has 0 aliphatic carbocycles. The molecule has 2 aliphatic heterocycles. The van der Waals surface area contributed by atoms with Crippen molar-refractivity contribution in [3.8, 4) is 5.69 Å². The Balaban J connectivity index is 1.93. The maximum absolute atomic E-state index is 2.60. The highest BCUT2D eigenvalue weighted by molar-refractivity contribution is 8.00. The molecule has 92 valence electrons. The fourth-order valence-corrected chi connectivity index (χ4v) is 4.47. The highest BCUT2D eigenvalue weighted by Gasteiger charge is 2.35. The number of fused-ring (bicyclic) bond motifs is 5. The summed E-state index contributed by atoms with van der Waals surface area (Å²) in [4.78, 5) is 2.60. The molecule has 1 saturated heterocycles. The van der Waals surface area contributed by atoms with E-state index in [0.717, 1.165) is 11.8 Å². The zero-order chi connectivity index (χ0) is 12.1. The molecule has 0 radical (unpaired) electrons. The summed E-state index contributed by atoms with van der Waals surface area (Å²) in [6, 6.07) is 13.2. The van der Waals surface area contributed by atoms with Crippen molar-refractivity contribution in [2.45, 2.75) is 24.1 Å². The summed E-state index contributed by atoms with van der Waals surface area (Å²) >= 11 is 2.09. The number of para-hydroxylation sites is 1. The second kappa shape index (κ2) is 3.90. The van der Waals surface area contributed by atoms with Crippen molar-refractivity contribution in [3.05, 3.63) is 53.9 Å². The summed E-state index contributed by atoms with van der Waals surface area (Å²) < 4.78 is 2.37. The number of hydrogen-bond acceptors (Lipinski definition) is 2. The minimum Gasteiger partial charge on any atom is -0.318 e. The summed E-state index contributed by atoms with van der Waals surface area (Å²) in [6.45, 7) is 4.59. The molecule has 0 bridgehead atoms. The molecule has 1 aromatic carbocycles. The third-order valence-electron chi connectivity index (χ3n) is 3.84. The van der Waals surface area contributed by atoms with E-state index < -0.39 is 0 Å². The van der Waals surface area contributed by atoms with Gasteiger partial charge in [0.15, 0.2) is 0 Å². The number of aromatic nitrogens is 1. The van der Waals surface area contributed by atoms with Gasteiger partial charge in [-0.05, 0) is 23.8 Å². The van der Waals surface area contributed by atoms with Gasteiger partial charge in [-0.2, -0.15) is 0 Å². The summed E-state index contributed by atoms with van der Waals surface area (Å²) in [5.41, 5.74) is 4.21. The predicted molar refractivity (Wildman–Crippen MR) is 76.0 cm³/mol. The molecule has 0 N–H and O–H groups in total. The standard InChI is InChI=1S/C15H16N2S/c1-11-9-16-10-12-5-2-3-6-13(12)17-8-4-7-14(17)15(16)18-11/h2-8,11,15H,9-10H2,1H3/t11-,15-/m0/s1. The third-order valence-corrected chi connectivity index (χ3v) is 5.25. The molecular weight excluding hydrogens is 240 g/mol. The maximum Gasteiger partial charge on any atom is 0.0976 e. The molecule has 4 rings (SSSR count). The summed E-state index contributed by atoms with van der Waals surface area (Å²) in [6.07, 6.45) is 2.20. The zero-order valence-electron chi connectivity index (χ0n) is 10.4. The molecule has 18 heavy (non-hydrogen) atoms. The largest absolute Gasteiger partial charge is 0.318 e. The Bertz CT molecular complexity index is 590. The van der Waals surface area contributed by atoms with E-state index in [1.807, 2.05) is 0 Å². The van der Waals surface area contributed by atoms with Crippen LogP contribution in [0.1, 0.15) is 23.6 Å². The number of nitrogens with zero attached hydrogens (tertiary/aromatic N) is 2.